The van der Waals surface area contributed by atoms with Crippen molar-refractivity contribution in [2.75, 3.05) is 37.6 Å². The van der Waals surface area contributed by atoms with Crippen molar-refractivity contribution in [2.24, 2.45) is 5.92 Å². The molecule has 0 saturated carbocycles. The fourth-order valence-corrected chi connectivity index (χ4v) is 6.10. The van der Waals surface area contributed by atoms with Gasteiger partial charge in [0.1, 0.15) is 0 Å². The third kappa shape index (κ3) is 5.46. The van der Waals surface area contributed by atoms with Crippen LogP contribution in [0.1, 0.15) is 30.4 Å². The Balaban J connectivity index is 1.18. The summed E-state index contributed by atoms with van der Waals surface area (Å²) in [4.78, 5) is 14.9. The lowest BCUT2D eigenvalue weighted by atomic mass is 9.97. The molecule has 6 nitrogen and oxygen atoms in total. The van der Waals surface area contributed by atoms with Gasteiger partial charge in [-0.15, -0.1) is 0 Å². The summed E-state index contributed by atoms with van der Waals surface area (Å²) in [7, 11) is -3.34. The lowest BCUT2D eigenvalue weighted by molar-refractivity contribution is -0.126. The van der Waals surface area contributed by atoms with Crippen LogP contribution < -0.4 is 10.2 Å². The van der Waals surface area contributed by atoms with E-state index in [-0.39, 0.29) is 17.6 Å². The van der Waals surface area contributed by atoms with Crippen molar-refractivity contribution in [2.45, 2.75) is 31.4 Å². The standard InChI is InChI=1S/C24H31N3O3S/c28-24(25-14-6-15-26-16-11-21-9-4-5-10-23(21)26)22-12-17-27(18-13-22)31(29,30)19-20-7-2-1-3-8-20/h1-5,7-10,22H,6,11-19H2,(H,25,28). The number of para-hydroxylation sites is 1. The summed E-state index contributed by atoms with van der Waals surface area (Å²) in [6, 6.07) is 17.8. The van der Waals surface area contributed by atoms with Gasteiger partial charge in [-0.05, 0) is 42.9 Å². The molecule has 1 fully saturated rings. The summed E-state index contributed by atoms with van der Waals surface area (Å²) < 4.78 is 26.9. The molecule has 4 rings (SSSR count). The van der Waals surface area contributed by atoms with Crippen molar-refractivity contribution in [3.05, 3.63) is 65.7 Å². The number of carbonyl (C=O) groups excluding carboxylic acids is 1. The van der Waals surface area contributed by atoms with Crippen LogP contribution in [0.5, 0.6) is 0 Å². The van der Waals surface area contributed by atoms with Gasteiger partial charge in [0.15, 0.2) is 0 Å². The van der Waals surface area contributed by atoms with Gasteiger partial charge in [-0.25, -0.2) is 12.7 Å². The van der Waals surface area contributed by atoms with Gasteiger partial charge < -0.3 is 10.2 Å². The lowest BCUT2D eigenvalue weighted by Crippen LogP contribution is -2.43. The molecule has 2 aromatic rings. The molecule has 2 aliphatic rings. The lowest BCUT2D eigenvalue weighted by Gasteiger charge is -2.30. The van der Waals surface area contributed by atoms with E-state index in [1.54, 1.807) is 0 Å². The first-order valence-corrected chi connectivity index (χ1v) is 12.8. The van der Waals surface area contributed by atoms with E-state index in [0.29, 0.717) is 32.5 Å². The number of hydrogen-bond acceptors (Lipinski definition) is 4. The van der Waals surface area contributed by atoms with Crippen LogP contribution in [0.4, 0.5) is 5.69 Å². The molecule has 166 valence electrons. The number of rotatable bonds is 8. The predicted octanol–water partition coefficient (Wildman–Crippen LogP) is 2.80. The summed E-state index contributed by atoms with van der Waals surface area (Å²) in [6.07, 6.45) is 3.16. The number of benzene rings is 2. The maximum absolute atomic E-state index is 12.7. The normalized spacial score (nSPS) is 17.5. The van der Waals surface area contributed by atoms with Gasteiger partial charge in [-0.1, -0.05) is 48.5 Å². The third-order valence-corrected chi connectivity index (χ3v) is 8.15. The van der Waals surface area contributed by atoms with Crippen molar-refractivity contribution in [1.82, 2.24) is 9.62 Å². The van der Waals surface area contributed by atoms with E-state index in [4.69, 9.17) is 0 Å². The first kappa shape index (κ1) is 21.8. The molecule has 0 aromatic heterocycles. The Morgan fingerprint density at radius 2 is 1.68 bits per heavy atom. The molecule has 1 amide bonds. The zero-order valence-corrected chi connectivity index (χ0v) is 18.7. The number of hydrogen-bond donors (Lipinski definition) is 1. The van der Waals surface area contributed by atoms with E-state index in [2.05, 4.69) is 34.5 Å². The van der Waals surface area contributed by atoms with E-state index in [9.17, 15) is 13.2 Å². The number of fused-ring (bicyclic) bond motifs is 1. The number of sulfonamides is 1. The summed E-state index contributed by atoms with van der Waals surface area (Å²) in [5, 5.41) is 3.06. The minimum Gasteiger partial charge on any atom is -0.371 e. The van der Waals surface area contributed by atoms with Gasteiger partial charge in [0.05, 0.1) is 5.75 Å². The van der Waals surface area contributed by atoms with Gasteiger partial charge in [-0.3, -0.25) is 4.79 Å². The van der Waals surface area contributed by atoms with Gasteiger partial charge >= 0.3 is 0 Å². The third-order valence-electron chi connectivity index (χ3n) is 6.30. The molecule has 1 saturated heterocycles. The van der Waals surface area contributed by atoms with Crippen LogP contribution in [0.3, 0.4) is 0 Å². The highest BCUT2D eigenvalue weighted by molar-refractivity contribution is 7.88. The molecule has 2 aromatic carbocycles. The summed E-state index contributed by atoms with van der Waals surface area (Å²) in [6.45, 7) is 3.47. The van der Waals surface area contributed by atoms with Gasteiger partial charge in [0.2, 0.25) is 15.9 Å². The molecule has 0 radical (unpaired) electrons. The number of piperidine rings is 1. The second-order valence-electron chi connectivity index (χ2n) is 8.43. The van der Waals surface area contributed by atoms with Gasteiger partial charge in [0, 0.05) is 44.3 Å². The average molecular weight is 442 g/mol. The predicted molar refractivity (Wildman–Crippen MR) is 123 cm³/mol. The number of nitrogens with one attached hydrogen (secondary N) is 1. The monoisotopic (exact) mass is 441 g/mol. The van der Waals surface area contributed by atoms with Crippen molar-refractivity contribution < 1.29 is 13.2 Å². The molecule has 1 N–H and O–H groups in total. The van der Waals surface area contributed by atoms with Crippen molar-refractivity contribution in [1.29, 1.82) is 0 Å². The Morgan fingerprint density at radius 3 is 2.45 bits per heavy atom. The van der Waals surface area contributed by atoms with Crippen LogP contribution in [-0.2, 0) is 27.0 Å². The van der Waals surface area contributed by atoms with Crippen LogP contribution in [0.25, 0.3) is 0 Å². The number of carbonyl (C=O) groups is 1. The molecule has 0 unspecified atom stereocenters. The molecule has 2 heterocycles. The molecule has 2 aliphatic heterocycles. The van der Waals surface area contributed by atoms with E-state index >= 15 is 0 Å². The van der Waals surface area contributed by atoms with Crippen LogP contribution in [-0.4, -0.2) is 51.4 Å². The van der Waals surface area contributed by atoms with E-state index in [1.807, 2.05) is 30.3 Å². The molecule has 0 bridgehead atoms. The summed E-state index contributed by atoms with van der Waals surface area (Å²) in [5.41, 5.74) is 3.52. The zero-order chi connectivity index (χ0) is 21.7. The first-order valence-electron chi connectivity index (χ1n) is 11.2. The van der Waals surface area contributed by atoms with Gasteiger partial charge in [0.25, 0.3) is 0 Å². The average Bonchev–Trinajstić information content (AvgIpc) is 3.20. The fourth-order valence-electron chi connectivity index (χ4n) is 4.54. The molecular weight excluding hydrogens is 410 g/mol. The van der Waals surface area contributed by atoms with Crippen LogP contribution in [0.2, 0.25) is 0 Å². The maximum Gasteiger partial charge on any atom is 0.223 e. The Bertz CT molecular complexity index is 986. The highest BCUT2D eigenvalue weighted by Crippen LogP contribution is 2.27. The van der Waals surface area contributed by atoms with E-state index < -0.39 is 10.0 Å². The van der Waals surface area contributed by atoms with Crippen LogP contribution in [0, 0.1) is 5.92 Å². The van der Waals surface area contributed by atoms with Crippen LogP contribution >= 0.6 is 0 Å². The number of nitrogens with zero attached hydrogens (tertiary/aromatic N) is 2. The summed E-state index contributed by atoms with van der Waals surface area (Å²) in [5.74, 6) is -0.0257. The minimum atomic E-state index is -3.34. The van der Waals surface area contributed by atoms with Crippen molar-refractivity contribution in [3.63, 3.8) is 0 Å². The smallest absolute Gasteiger partial charge is 0.223 e. The fraction of sp³-hybridized carbons (Fsp3) is 0.458. The second-order valence-corrected chi connectivity index (χ2v) is 10.4. The molecular formula is C24H31N3O3S. The van der Waals surface area contributed by atoms with Crippen LogP contribution in [0.15, 0.2) is 54.6 Å². The number of anilines is 1. The Labute approximate surface area is 185 Å². The molecule has 0 atom stereocenters. The highest BCUT2D eigenvalue weighted by atomic mass is 32.2. The maximum atomic E-state index is 12.7. The van der Waals surface area contributed by atoms with Gasteiger partial charge in [-0.2, -0.15) is 0 Å². The topological polar surface area (TPSA) is 69.7 Å². The quantitative estimate of drug-likeness (QED) is 0.640. The Morgan fingerprint density at radius 1 is 0.968 bits per heavy atom. The Kier molecular flexibility index (Phi) is 6.92. The minimum absolute atomic E-state index is 0.0182. The highest BCUT2D eigenvalue weighted by Gasteiger charge is 2.31. The SMILES string of the molecule is O=C(NCCCN1CCc2ccccc21)C1CCN(S(=O)(=O)Cc2ccccc2)CC1. The van der Waals surface area contributed by atoms with Crippen molar-refractivity contribution in [3.8, 4) is 0 Å². The Hall–Kier alpha value is -2.38. The van der Waals surface area contributed by atoms with E-state index in [1.165, 1.54) is 15.6 Å². The molecule has 0 spiro atoms. The summed E-state index contributed by atoms with van der Waals surface area (Å²) >= 11 is 0. The van der Waals surface area contributed by atoms with E-state index in [0.717, 1.165) is 31.5 Å². The molecule has 7 heteroatoms. The molecule has 0 aliphatic carbocycles. The zero-order valence-electron chi connectivity index (χ0n) is 17.9. The largest absolute Gasteiger partial charge is 0.371 e. The number of amides is 1. The first-order chi connectivity index (χ1) is 15.0. The van der Waals surface area contributed by atoms with Crippen molar-refractivity contribution >= 4 is 21.6 Å². The molecule has 31 heavy (non-hydrogen) atoms. The second kappa shape index (κ2) is 9.83.